The van der Waals surface area contributed by atoms with E-state index < -0.39 is 53.2 Å². The summed E-state index contributed by atoms with van der Waals surface area (Å²) >= 11 is 0. The van der Waals surface area contributed by atoms with E-state index in [0.717, 1.165) is 42.4 Å². The number of hydrogen-bond acceptors (Lipinski definition) is 7. The molecule has 0 aliphatic heterocycles. The van der Waals surface area contributed by atoms with Crippen LogP contribution >= 0.6 is 0 Å². The molecular weight excluding hydrogens is 682 g/mol. The molecule has 3 rings (SSSR count). The number of carbonyl (C=O) groups excluding carboxylic acids is 4. The van der Waals surface area contributed by atoms with E-state index in [0.29, 0.717) is 17.5 Å². The molecule has 10 nitrogen and oxygen atoms in total. The highest BCUT2D eigenvalue weighted by molar-refractivity contribution is 5.94. The Bertz CT molecular complexity index is 1660. The Hall–Kier alpha value is -4.86. The zero-order chi connectivity index (χ0) is 40.1. The van der Waals surface area contributed by atoms with E-state index in [4.69, 9.17) is 9.47 Å². The van der Waals surface area contributed by atoms with Crippen LogP contribution < -0.4 is 10.6 Å². The van der Waals surface area contributed by atoms with Crippen LogP contribution in [0.5, 0.6) is 5.75 Å². The summed E-state index contributed by atoms with van der Waals surface area (Å²) < 4.78 is 11.4. The van der Waals surface area contributed by atoms with Gasteiger partial charge in [0, 0.05) is 19.4 Å². The molecule has 0 radical (unpaired) electrons. The van der Waals surface area contributed by atoms with Gasteiger partial charge in [0.15, 0.2) is 0 Å². The highest BCUT2D eigenvalue weighted by atomic mass is 16.6. The van der Waals surface area contributed by atoms with E-state index in [-0.39, 0.29) is 25.1 Å². The molecule has 0 heterocycles. The molecule has 0 aliphatic carbocycles. The summed E-state index contributed by atoms with van der Waals surface area (Å²) in [6, 6.07) is 18.2. The molecule has 3 N–H and O–H groups in total. The number of esters is 1. The number of alkyl carbamates (subject to hydrolysis) is 1. The van der Waals surface area contributed by atoms with Crippen LogP contribution in [0.25, 0.3) is 0 Å². The van der Waals surface area contributed by atoms with E-state index in [1.54, 1.807) is 53.7 Å². The van der Waals surface area contributed by atoms with E-state index in [1.807, 2.05) is 62.4 Å². The third-order valence-corrected chi connectivity index (χ3v) is 8.56. The van der Waals surface area contributed by atoms with Crippen LogP contribution in [0.15, 0.2) is 72.8 Å². The monoisotopic (exact) mass is 743 g/mol. The van der Waals surface area contributed by atoms with Gasteiger partial charge in [-0.05, 0) is 90.6 Å². The van der Waals surface area contributed by atoms with Gasteiger partial charge in [0.1, 0.15) is 35.1 Å². The third kappa shape index (κ3) is 14.9. The number of phenols is 1. The predicted molar refractivity (Wildman–Crippen MR) is 212 cm³/mol. The number of ether oxygens (including phenoxy) is 2. The van der Waals surface area contributed by atoms with Gasteiger partial charge in [0.25, 0.3) is 0 Å². The van der Waals surface area contributed by atoms with Crippen molar-refractivity contribution in [2.75, 3.05) is 6.54 Å². The number of aryl methyl sites for hydroxylation is 2. The molecule has 10 heteroatoms. The van der Waals surface area contributed by atoms with Gasteiger partial charge >= 0.3 is 12.1 Å². The summed E-state index contributed by atoms with van der Waals surface area (Å²) in [4.78, 5) is 58.5. The minimum absolute atomic E-state index is 0.0667. The number of amides is 3. The lowest BCUT2D eigenvalue weighted by atomic mass is 9.96. The summed E-state index contributed by atoms with van der Waals surface area (Å²) in [6.07, 6.45) is 3.95. The molecule has 3 aromatic carbocycles. The Kier molecular flexibility index (Phi) is 16.1. The fourth-order valence-electron chi connectivity index (χ4n) is 6.28. The molecule has 0 aliphatic rings. The number of phenolic OH excluding ortho intramolecular Hbond substituents is 1. The third-order valence-electron chi connectivity index (χ3n) is 8.56. The first kappa shape index (κ1) is 43.5. The summed E-state index contributed by atoms with van der Waals surface area (Å²) in [5.74, 6) is -1.56. The largest absolute Gasteiger partial charge is 0.508 e. The molecule has 0 aromatic heterocycles. The smallest absolute Gasteiger partial charge is 0.408 e. The number of unbranched alkanes of at least 4 members (excludes halogenated alkanes) is 4. The molecule has 3 atom stereocenters. The van der Waals surface area contributed by atoms with E-state index >= 15 is 4.79 Å². The highest BCUT2D eigenvalue weighted by Gasteiger charge is 2.38. The number of nitrogens with zero attached hydrogens (tertiary/aromatic N) is 1. The number of nitrogens with one attached hydrogen (secondary N) is 2. The molecule has 3 amide bonds. The zero-order valence-electron chi connectivity index (χ0n) is 33.7. The number of rotatable bonds is 17. The van der Waals surface area contributed by atoms with Crippen LogP contribution in [-0.4, -0.2) is 63.7 Å². The maximum Gasteiger partial charge on any atom is 0.408 e. The predicted octanol–water partition coefficient (Wildman–Crippen LogP) is 8.05. The first-order valence-electron chi connectivity index (χ1n) is 19.1. The normalized spacial score (nSPS) is 13.3. The molecule has 3 aromatic rings. The quantitative estimate of drug-likeness (QED) is 0.0941. The van der Waals surface area contributed by atoms with Crippen molar-refractivity contribution < 1.29 is 33.8 Å². The van der Waals surface area contributed by atoms with Crippen molar-refractivity contribution in [3.8, 4) is 5.75 Å². The number of aromatic hydroxyl groups is 1. The molecule has 0 saturated carbocycles. The van der Waals surface area contributed by atoms with Gasteiger partial charge in [-0.2, -0.15) is 0 Å². The second-order valence-corrected chi connectivity index (χ2v) is 16.1. The van der Waals surface area contributed by atoms with Crippen LogP contribution in [-0.2, 0) is 36.7 Å². The Morgan fingerprint density at radius 3 is 1.83 bits per heavy atom. The van der Waals surface area contributed by atoms with Crippen LogP contribution in [0, 0.1) is 13.8 Å². The molecular formula is C44H61N3O7. The summed E-state index contributed by atoms with van der Waals surface area (Å²) in [5.41, 5.74) is 2.26. The number of hydrogen-bond donors (Lipinski definition) is 3. The lowest BCUT2D eigenvalue weighted by Gasteiger charge is -2.36. The SMILES string of the molecule is CCCCCCCN(C(=O)C(Cc1ccc(O)cc1)NC(=O)OC(C)(C)C)C(C(=O)NC(Cc1ccccc1)C(=O)OC(C)(C)C)c1cc(C)cc(C)c1. The van der Waals surface area contributed by atoms with Crippen LogP contribution in [0.2, 0.25) is 0 Å². The van der Waals surface area contributed by atoms with Crippen LogP contribution in [0.4, 0.5) is 4.79 Å². The summed E-state index contributed by atoms with van der Waals surface area (Å²) in [6.45, 7) is 16.7. The van der Waals surface area contributed by atoms with Gasteiger partial charge in [-0.3, -0.25) is 9.59 Å². The van der Waals surface area contributed by atoms with Crippen molar-refractivity contribution in [2.45, 2.75) is 137 Å². The molecule has 294 valence electrons. The molecule has 0 saturated heterocycles. The molecule has 0 spiro atoms. The van der Waals surface area contributed by atoms with E-state index in [9.17, 15) is 19.5 Å². The fraction of sp³-hybridized carbons (Fsp3) is 0.500. The van der Waals surface area contributed by atoms with E-state index in [1.165, 1.54) is 17.0 Å². The molecule has 0 bridgehead atoms. The first-order valence-corrected chi connectivity index (χ1v) is 19.1. The lowest BCUT2D eigenvalue weighted by Crippen LogP contribution is -2.55. The Balaban J connectivity index is 2.16. The van der Waals surface area contributed by atoms with Gasteiger partial charge in [0.05, 0.1) is 0 Å². The van der Waals surface area contributed by atoms with Gasteiger partial charge in [-0.1, -0.05) is 104 Å². The van der Waals surface area contributed by atoms with Gasteiger partial charge in [-0.15, -0.1) is 0 Å². The second-order valence-electron chi connectivity index (χ2n) is 16.1. The first-order chi connectivity index (χ1) is 25.3. The Morgan fingerprint density at radius 2 is 1.26 bits per heavy atom. The van der Waals surface area contributed by atoms with Gasteiger partial charge in [0.2, 0.25) is 11.8 Å². The minimum atomic E-state index is -1.16. The van der Waals surface area contributed by atoms with Gasteiger partial charge in [-0.25, -0.2) is 9.59 Å². The lowest BCUT2D eigenvalue weighted by molar-refractivity contribution is -0.159. The molecule has 3 unspecified atom stereocenters. The van der Waals surface area contributed by atoms with Crippen molar-refractivity contribution >= 4 is 23.9 Å². The average Bonchev–Trinajstić information content (AvgIpc) is 3.06. The Labute approximate surface area is 322 Å². The zero-order valence-corrected chi connectivity index (χ0v) is 33.7. The van der Waals surface area contributed by atoms with Crippen molar-refractivity contribution in [1.82, 2.24) is 15.5 Å². The Morgan fingerprint density at radius 1 is 0.704 bits per heavy atom. The van der Waals surface area contributed by atoms with Crippen LogP contribution in [0.1, 0.15) is 114 Å². The van der Waals surface area contributed by atoms with Crippen molar-refractivity contribution in [1.29, 1.82) is 0 Å². The fourth-order valence-corrected chi connectivity index (χ4v) is 6.28. The number of benzene rings is 3. The summed E-state index contributed by atoms with van der Waals surface area (Å²) in [7, 11) is 0. The standard InChI is InChI=1S/C44H61N3O7/c1-10-11-12-13-17-24-47(40(50)36(46-42(52)54-44(7,8)9)28-33-20-22-35(48)23-21-33)38(34-26-30(2)25-31(3)27-34)39(49)45-37(41(51)53-43(4,5)6)29-32-18-15-14-16-19-32/h14-16,18-23,25-27,36-38,48H,10-13,17,24,28-29H2,1-9H3,(H,45,49)(H,46,52). The topological polar surface area (TPSA) is 134 Å². The molecule has 54 heavy (non-hydrogen) atoms. The van der Waals surface area contributed by atoms with Gasteiger partial charge < -0.3 is 30.1 Å². The van der Waals surface area contributed by atoms with Crippen molar-refractivity contribution in [2.24, 2.45) is 0 Å². The van der Waals surface area contributed by atoms with E-state index in [2.05, 4.69) is 17.6 Å². The van der Waals surface area contributed by atoms with Crippen molar-refractivity contribution in [3.63, 3.8) is 0 Å². The maximum absolute atomic E-state index is 15.1. The average molecular weight is 744 g/mol. The maximum atomic E-state index is 15.1. The molecule has 0 fully saturated rings. The van der Waals surface area contributed by atoms with Crippen molar-refractivity contribution in [3.05, 3.63) is 101 Å². The highest BCUT2D eigenvalue weighted by Crippen LogP contribution is 2.27. The second kappa shape index (κ2) is 20.0. The minimum Gasteiger partial charge on any atom is -0.508 e. The van der Waals surface area contributed by atoms with Crippen LogP contribution in [0.3, 0.4) is 0 Å². The summed E-state index contributed by atoms with van der Waals surface area (Å²) in [5, 5.41) is 15.7. The number of carbonyl (C=O) groups is 4.